The molecule has 1 spiro atoms. The van der Waals surface area contributed by atoms with E-state index in [4.69, 9.17) is 0 Å². The van der Waals surface area contributed by atoms with Crippen LogP contribution >= 0.6 is 0 Å². The molecular formula is C29H39N4O2+. The molecule has 1 saturated carbocycles. The van der Waals surface area contributed by atoms with Gasteiger partial charge in [0.2, 0.25) is 11.8 Å². The summed E-state index contributed by atoms with van der Waals surface area (Å²) in [6.07, 6.45) is 12.0. The Bertz CT molecular complexity index is 982. The van der Waals surface area contributed by atoms with E-state index in [0.717, 1.165) is 70.3 Å². The van der Waals surface area contributed by atoms with Gasteiger partial charge in [0, 0.05) is 30.6 Å². The van der Waals surface area contributed by atoms with Crippen LogP contribution in [0, 0.1) is 11.3 Å². The van der Waals surface area contributed by atoms with Crippen molar-refractivity contribution in [2.24, 2.45) is 11.3 Å². The maximum Gasteiger partial charge on any atom is 0.229 e. The fraction of sp³-hybridized carbons (Fsp3) is 0.552. The molecule has 2 saturated heterocycles. The number of nitrogens with zero attached hydrogens (tertiary/aromatic N) is 2. The Labute approximate surface area is 209 Å². The minimum absolute atomic E-state index is 0.0477. The number of rotatable bonds is 8. The van der Waals surface area contributed by atoms with Gasteiger partial charge >= 0.3 is 0 Å². The lowest BCUT2D eigenvalue weighted by Gasteiger charge is -2.38. The van der Waals surface area contributed by atoms with E-state index in [1.807, 2.05) is 29.4 Å². The molecule has 2 amide bonds. The van der Waals surface area contributed by atoms with Crippen molar-refractivity contribution in [1.29, 1.82) is 0 Å². The third kappa shape index (κ3) is 5.58. The van der Waals surface area contributed by atoms with Gasteiger partial charge in [-0.25, -0.2) is 4.98 Å². The summed E-state index contributed by atoms with van der Waals surface area (Å²) in [6, 6.07) is 14.5. The van der Waals surface area contributed by atoms with Crippen LogP contribution in [0.1, 0.15) is 68.5 Å². The molecule has 35 heavy (non-hydrogen) atoms. The highest BCUT2D eigenvalue weighted by molar-refractivity contribution is 5.85. The SMILES string of the molecule is O=C(N[C@@H](CCN1CCC2(CC1)CCN(Cc1ccc[nH+]c1)C2=O)c1ccccc1)C1CCCC1. The average molecular weight is 476 g/mol. The molecule has 1 aromatic carbocycles. The third-order valence-corrected chi connectivity index (χ3v) is 8.54. The second kappa shape index (κ2) is 10.9. The van der Waals surface area contributed by atoms with Crippen LogP contribution in [0.4, 0.5) is 0 Å². The largest absolute Gasteiger partial charge is 0.349 e. The number of pyridine rings is 1. The van der Waals surface area contributed by atoms with Crippen molar-refractivity contribution >= 4 is 11.8 Å². The molecule has 3 aliphatic rings. The monoisotopic (exact) mass is 475 g/mol. The normalized spacial score (nSPS) is 21.5. The summed E-state index contributed by atoms with van der Waals surface area (Å²) in [5.41, 5.74) is 2.17. The van der Waals surface area contributed by atoms with E-state index in [1.165, 1.54) is 18.4 Å². The predicted molar refractivity (Wildman–Crippen MR) is 135 cm³/mol. The van der Waals surface area contributed by atoms with Gasteiger partial charge in [0.25, 0.3) is 0 Å². The van der Waals surface area contributed by atoms with Crippen LogP contribution in [-0.2, 0) is 16.1 Å². The summed E-state index contributed by atoms with van der Waals surface area (Å²) in [6.45, 7) is 4.41. The Balaban J connectivity index is 1.15. The van der Waals surface area contributed by atoms with Gasteiger partial charge in [-0.1, -0.05) is 43.2 Å². The van der Waals surface area contributed by atoms with Gasteiger partial charge in [-0.3, -0.25) is 9.59 Å². The quantitative estimate of drug-likeness (QED) is 0.632. The first-order valence-electron chi connectivity index (χ1n) is 13.5. The minimum atomic E-state index is -0.176. The molecular weight excluding hydrogens is 436 g/mol. The van der Waals surface area contributed by atoms with E-state index < -0.39 is 0 Å². The Morgan fingerprint density at radius 1 is 1.03 bits per heavy atom. The first-order chi connectivity index (χ1) is 17.1. The Morgan fingerprint density at radius 3 is 2.49 bits per heavy atom. The van der Waals surface area contributed by atoms with Gasteiger partial charge in [0.1, 0.15) is 0 Å². The number of H-pyrrole nitrogens is 1. The van der Waals surface area contributed by atoms with Crippen LogP contribution in [0.2, 0.25) is 0 Å². The molecule has 3 fully saturated rings. The molecule has 0 bridgehead atoms. The molecule has 2 aromatic rings. The van der Waals surface area contributed by atoms with Crippen LogP contribution in [0.3, 0.4) is 0 Å². The molecule has 3 heterocycles. The smallest absolute Gasteiger partial charge is 0.229 e. The van der Waals surface area contributed by atoms with E-state index in [0.29, 0.717) is 12.5 Å². The van der Waals surface area contributed by atoms with Crippen LogP contribution < -0.4 is 10.3 Å². The summed E-state index contributed by atoms with van der Waals surface area (Å²) in [4.78, 5) is 33.9. The molecule has 6 heteroatoms. The first-order valence-corrected chi connectivity index (χ1v) is 13.5. The Kier molecular flexibility index (Phi) is 7.47. The fourth-order valence-corrected chi connectivity index (χ4v) is 6.26. The summed E-state index contributed by atoms with van der Waals surface area (Å²) in [5, 5.41) is 3.37. The van der Waals surface area contributed by atoms with E-state index in [9.17, 15) is 9.59 Å². The zero-order valence-corrected chi connectivity index (χ0v) is 20.8. The third-order valence-electron chi connectivity index (χ3n) is 8.54. The predicted octanol–water partition coefficient (Wildman–Crippen LogP) is 3.75. The Morgan fingerprint density at radius 2 is 1.77 bits per heavy atom. The van der Waals surface area contributed by atoms with Crippen molar-refractivity contribution in [3.63, 3.8) is 0 Å². The first kappa shape index (κ1) is 24.0. The number of aromatic amines is 1. The molecule has 1 aromatic heterocycles. The molecule has 0 radical (unpaired) electrons. The molecule has 2 N–H and O–H groups in total. The van der Waals surface area contributed by atoms with Gasteiger partial charge in [-0.15, -0.1) is 0 Å². The topological polar surface area (TPSA) is 66.8 Å². The van der Waals surface area contributed by atoms with Crippen LogP contribution in [0.5, 0.6) is 0 Å². The van der Waals surface area contributed by atoms with Gasteiger partial charge in [-0.2, -0.15) is 0 Å². The molecule has 1 atom stereocenters. The molecule has 5 rings (SSSR count). The number of amides is 2. The maximum absolute atomic E-state index is 13.3. The van der Waals surface area contributed by atoms with Crippen molar-refractivity contribution in [2.75, 3.05) is 26.2 Å². The number of benzene rings is 1. The number of piperidine rings is 1. The van der Waals surface area contributed by atoms with E-state index in [-0.39, 0.29) is 23.3 Å². The zero-order valence-electron chi connectivity index (χ0n) is 20.8. The molecule has 2 aliphatic heterocycles. The number of carbonyl (C=O) groups excluding carboxylic acids is 2. The highest BCUT2D eigenvalue weighted by Crippen LogP contribution is 2.42. The van der Waals surface area contributed by atoms with E-state index >= 15 is 0 Å². The van der Waals surface area contributed by atoms with Gasteiger partial charge in [0.05, 0.1) is 18.0 Å². The van der Waals surface area contributed by atoms with Crippen molar-refractivity contribution in [3.05, 3.63) is 66.0 Å². The second-order valence-corrected chi connectivity index (χ2v) is 10.8. The van der Waals surface area contributed by atoms with Crippen LogP contribution in [0.25, 0.3) is 0 Å². The molecule has 6 nitrogen and oxygen atoms in total. The summed E-state index contributed by atoms with van der Waals surface area (Å²) >= 11 is 0. The molecule has 186 valence electrons. The van der Waals surface area contributed by atoms with Crippen LogP contribution in [0.15, 0.2) is 54.9 Å². The van der Waals surface area contributed by atoms with Crippen molar-refractivity contribution in [1.82, 2.24) is 15.1 Å². The van der Waals surface area contributed by atoms with Crippen LogP contribution in [-0.4, -0.2) is 47.8 Å². The highest BCUT2D eigenvalue weighted by atomic mass is 16.2. The van der Waals surface area contributed by atoms with Gasteiger partial charge < -0.3 is 15.1 Å². The lowest BCUT2D eigenvalue weighted by Crippen LogP contribution is -2.45. The average Bonchev–Trinajstić information content (AvgIpc) is 3.54. The van der Waals surface area contributed by atoms with E-state index in [1.54, 1.807) is 0 Å². The van der Waals surface area contributed by atoms with Crippen molar-refractivity contribution < 1.29 is 14.6 Å². The van der Waals surface area contributed by atoms with Gasteiger partial charge in [0.15, 0.2) is 12.4 Å². The molecule has 1 aliphatic carbocycles. The standard InChI is InChI=1S/C29H38N4O2/c34-27(25-10-4-5-11-25)31-26(24-8-2-1-3-9-24)12-17-32-18-13-29(14-19-32)15-20-33(28(29)35)22-23-7-6-16-30-21-23/h1-3,6-9,16,21,25-26H,4-5,10-15,17-20,22H2,(H,31,34)/p+1/t26-/m0/s1. The minimum Gasteiger partial charge on any atom is -0.349 e. The highest BCUT2D eigenvalue weighted by Gasteiger charge is 2.47. The summed E-state index contributed by atoms with van der Waals surface area (Å²) in [7, 11) is 0. The second-order valence-electron chi connectivity index (χ2n) is 10.8. The number of hydrogen-bond acceptors (Lipinski definition) is 3. The summed E-state index contributed by atoms with van der Waals surface area (Å²) in [5.74, 6) is 0.745. The van der Waals surface area contributed by atoms with Crippen molar-refractivity contribution in [2.45, 2.75) is 64.0 Å². The summed E-state index contributed by atoms with van der Waals surface area (Å²) < 4.78 is 0. The number of aromatic nitrogens is 1. The lowest BCUT2D eigenvalue weighted by molar-refractivity contribution is -0.378. The fourth-order valence-electron chi connectivity index (χ4n) is 6.26. The zero-order chi connectivity index (χ0) is 24.1. The number of likely N-dealkylation sites (tertiary alicyclic amines) is 2. The maximum atomic E-state index is 13.3. The van der Waals surface area contributed by atoms with Crippen molar-refractivity contribution in [3.8, 4) is 0 Å². The number of nitrogens with one attached hydrogen (secondary N) is 2. The number of carbonyl (C=O) groups is 2. The lowest BCUT2D eigenvalue weighted by atomic mass is 9.77. The number of hydrogen-bond donors (Lipinski definition) is 1. The van der Waals surface area contributed by atoms with E-state index in [2.05, 4.69) is 45.5 Å². The van der Waals surface area contributed by atoms with Gasteiger partial charge in [-0.05, 0) is 63.2 Å². The molecule has 0 unspecified atom stereocenters. The Hall–Kier alpha value is -2.73.